The number of hydrogen-bond donors (Lipinski definition) is 0. The predicted molar refractivity (Wildman–Crippen MR) is 198 cm³/mol. The number of nitrogens with zero attached hydrogens (tertiary/aromatic N) is 4. The van der Waals surface area contributed by atoms with E-state index in [1.165, 1.54) is 48.8 Å². The van der Waals surface area contributed by atoms with Crippen molar-refractivity contribution < 1.29 is 0 Å². The lowest BCUT2D eigenvalue weighted by Crippen LogP contribution is -2.12. The van der Waals surface area contributed by atoms with Crippen LogP contribution in [0.5, 0.6) is 0 Å². The van der Waals surface area contributed by atoms with Gasteiger partial charge in [-0.1, -0.05) is 115 Å². The Morgan fingerprint density at radius 3 is 2.09 bits per heavy atom. The molecule has 10 rings (SSSR count). The molecule has 0 amide bonds. The molecule has 218 valence electrons. The van der Waals surface area contributed by atoms with Gasteiger partial charge in [0, 0.05) is 34.3 Å². The Morgan fingerprint density at radius 2 is 1.23 bits per heavy atom. The predicted octanol–water partition coefficient (Wildman–Crippen LogP) is 10.3. The van der Waals surface area contributed by atoms with E-state index < -0.39 is 0 Å². The Balaban J connectivity index is 1.19. The van der Waals surface area contributed by atoms with E-state index >= 15 is 0 Å². The molecule has 0 fully saturated rings. The molecule has 0 saturated heterocycles. The molecule has 1 atom stereocenters. The number of benzene rings is 7. The van der Waals surface area contributed by atoms with Crippen LogP contribution in [-0.2, 0) is 0 Å². The Bertz CT molecular complexity index is 2730. The maximum atomic E-state index is 5.14. The molecule has 2 aliphatic heterocycles. The lowest BCUT2D eigenvalue weighted by Gasteiger charge is -2.17. The minimum absolute atomic E-state index is 0.0842. The van der Waals surface area contributed by atoms with E-state index in [9.17, 15) is 0 Å². The zero-order valence-electron chi connectivity index (χ0n) is 25.3. The number of rotatable bonds is 3. The summed E-state index contributed by atoms with van der Waals surface area (Å²) < 4.78 is 0. The summed E-state index contributed by atoms with van der Waals surface area (Å²) >= 11 is 0. The molecule has 4 heteroatoms. The van der Waals surface area contributed by atoms with Crippen molar-refractivity contribution in [1.29, 1.82) is 0 Å². The second kappa shape index (κ2) is 10.1. The molecule has 0 N–H and O–H groups in total. The highest BCUT2D eigenvalue weighted by Gasteiger charge is 2.22. The molecule has 0 saturated carbocycles. The number of aliphatic imine (C=N–C) groups is 3. The molecule has 0 bridgehead atoms. The third-order valence-corrected chi connectivity index (χ3v) is 9.54. The highest BCUT2D eigenvalue weighted by Crippen LogP contribution is 2.43. The topological polar surface area (TPSA) is 50.0 Å². The van der Waals surface area contributed by atoms with Crippen LogP contribution in [0.3, 0.4) is 0 Å². The van der Waals surface area contributed by atoms with Gasteiger partial charge in [0.25, 0.3) is 0 Å². The lowest BCUT2D eigenvalue weighted by molar-refractivity contribution is 1.09. The number of allylic oxidation sites excluding steroid dienone is 1. The summed E-state index contributed by atoms with van der Waals surface area (Å²) in [4.78, 5) is 18.9. The van der Waals surface area contributed by atoms with Crippen molar-refractivity contribution in [2.75, 3.05) is 0 Å². The van der Waals surface area contributed by atoms with E-state index in [1.807, 2.05) is 18.3 Å². The van der Waals surface area contributed by atoms with Gasteiger partial charge >= 0.3 is 0 Å². The van der Waals surface area contributed by atoms with Gasteiger partial charge in [0.2, 0.25) is 0 Å². The minimum Gasteiger partial charge on any atom is -0.255 e. The second-order valence-electron chi connectivity index (χ2n) is 12.2. The maximum Gasteiger partial charge on any atom is 0.159 e. The number of fused-ring (bicyclic) bond motifs is 10. The van der Waals surface area contributed by atoms with Gasteiger partial charge in [-0.3, -0.25) is 9.98 Å². The van der Waals surface area contributed by atoms with Crippen molar-refractivity contribution in [2.45, 2.75) is 6.04 Å². The Hall–Kier alpha value is -6.26. The van der Waals surface area contributed by atoms with Gasteiger partial charge in [-0.25, -0.2) is 9.98 Å². The second-order valence-corrected chi connectivity index (χ2v) is 12.2. The van der Waals surface area contributed by atoms with E-state index in [0.29, 0.717) is 0 Å². The van der Waals surface area contributed by atoms with Crippen LogP contribution in [0.25, 0.3) is 76.2 Å². The van der Waals surface area contributed by atoms with Crippen molar-refractivity contribution in [1.82, 2.24) is 4.98 Å². The first-order valence-electron chi connectivity index (χ1n) is 15.9. The van der Waals surface area contributed by atoms with Crippen molar-refractivity contribution >= 4 is 71.9 Å². The van der Waals surface area contributed by atoms with Crippen LogP contribution < -0.4 is 0 Å². The van der Waals surface area contributed by atoms with Crippen LogP contribution in [-0.4, -0.2) is 28.9 Å². The fourth-order valence-electron chi connectivity index (χ4n) is 7.28. The molecule has 1 unspecified atom stereocenters. The highest BCUT2D eigenvalue weighted by atomic mass is 15.1. The Morgan fingerprint density at radius 1 is 0.511 bits per heavy atom. The molecule has 0 aliphatic carbocycles. The first-order valence-corrected chi connectivity index (χ1v) is 15.9. The zero-order chi connectivity index (χ0) is 30.9. The van der Waals surface area contributed by atoms with Gasteiger partial charge in [0.05, 0.1) is 5.52 Å². The summed E-state index contributed by atoms with van der Waals surface area (Å²) in [5.74, 6) is 1.48. The smallest absolute Gasteiger partial charge is 0.159 e. The molecule has 0 radical (unpaired) electrons. The minimum atomic E-state index is -0.0842. The van der Waals surface area contributed by atoms with E-state index in [-0.39, 0.29) is 6.04 Å². The molecule has 7 aromatic carbocycles. The number of pyridine rings is 1. The maximum absolute atomic E-state index is 5.14. The molecule has 8 aromatic rings. The van der Waals surface area contributed by atoms with Crippen LogP contribution in [0.4, 0.5) is 0 Å². The number of dihydropyridines is 1. The van der Waals surface area contributed by atoms with Crippen LogP contribution in [0.15, 0.2) is 161 Å². The van der Waals surface area contributed by atoms with Crippen molar-refractivity contribution in [2.24, 2.45) is 15.0 Å². The first-order chi connectivity index (χ1) is 23.3. The SMILES string of the molecule is C1=CC2N=C(c3ccc(-c4cnc5c6ccccc6c6cc(-c7ccc8ccccc8c7)c7ccccc7c6c5c4)cc3)N=C2N=C1. The Labute approximate surface area is 270 Å². The summed E-state index contributed by atoms with van der Waals surface area (Å²) in [6.07, 6.45) is 7.72. The monoisotopic (exact) mass is 598 g/mol. The first kappa shape index (κ1) is 26.0. The average Bonchev–Trinajstić information content (AvgIpc) is 3.59. The van der Waals surface area contributed by atoms with E-state index in [1.54, 1.807) is 6.21 Å². The van der Waals surface area contributed by atoms with E-state index in [2.05, 4.69) is 137 Å². The quantitative estimate of drug-likeness (QED) is 0.187. The molecule has 1 aromatic heterocycles. The zero-order valence-corrected chi connectivity index (χ0v) is 25.3. The summed E-state index contributed by atoms with van der Waals surface area (Å²) in [6, 6.07) is 45.9. The van der Waals surface area contributed by atoms with Crippen molar-refractivity contribution in [3.8, 4) is 22.3 Å². The lowest BCUT2D eigenvalue weighted by atomic mass is 9.87. The van der Waals surface area contributed by atoms with Crippen molar-refractivity contribution in [3.05, 3.63) is 151 Å². The third-order valence-electron chi connectivity index (χ3n) is 9.54. The average molecular weight is 599 g/mol. The fraction of sp³-hybridized carbons (Fsp3) is 0.0233. The normalized spacial score (nSPS) is 15.5. The summed E-state index contributed by atoms with van der Waals surface area (Å²) in [5.41, 5.74) is 6.63. The largest absolute Gasteiger partial charge is 0.255 e. The number of hydrogen-bond acceptors (Lipinski definition) is 4. The van der Waals surface area contributed by atoms with Crippen LogP contribution >= 0.6 is 0 Å². The fourth-order valence-corrected chi connectivity index (χ4v) is 7.28. The van der Waals surface area contributed by atoms with Gasteiger partial charge in [0.15, 0.2) is 11.7 Å². The van der Waals surface area contributed by atoms with Crippen LogP contribution in [0.2, 0.25) is 0 Å². The van der Waals surface area contributed by atoms with Gasteiger partial charge in [-0.05, 0) is 78.7 Å². The van der Waals surface area contributed by atoms with E-state index in [0.717, 1.165) is 44.7 Å². The summed E-state index contributed by atoms with van der Waals surface area (Å²) in [6.45, 7) is 0. The summed E-state index contributed by atoms with van der Waals surface area (Å²) in [5, 5.41) is 11.0. The standard InChI is InChI=1S/C43H26N4/c1-2-9-29-22-30(20-17-26(29)8-1)36-24-37-33-11-4-6-13-35(33)41-38(40(37)34-12-5-3-10-32(34)36)23-31(25-45-41)27-15-18-28(19-16-27)42-46-39-14-7-21-44-43(39)47-42/h1-25,39H. The molecule has 3 heterocycles. The molecular weight excluding hydrogens is 573 g/mol. The van der Waals surface area contributed by atoms with Crippen LogP contribution in [0, 0.1) is 0 Å². The Kier molecular flexibility index (Phi) is 5.60. The molecule has 47 heavy (non-hydrogen) atoms. The number of aromatic nitrogens is 1. The van der Waals surface area contributed by atoms with Gasteiger partial charge in [-0.15, -0.1) is 0 Å². The molecule has 2 aliphatic rings. The van der Waals surface area contributed by atoms with E-state index in [4.69, 9.17) is 9.98 Å². The van der Waals surface area contributed by atoms with Gasteiger partial charge in [0.1, 0.15) is 6.04 Å². The van der Waals surface area contributed by atoms with Gasteiger partial charge in [-0.2, -0.15) is 0 Å². The third kappa shape index (κ3) is 4.08. The molecular formula is C43H26N4. The van der Waals surface area contributed by atoms with Crippen molar-refractivity contribution in [3.63, 3.8) is 0 Å². The molecule has 0 spiro atoms. The van der Waals surface area contributed by atoms with Crippen LogP contribution in [0.1, 0.15) is 5.56 Å². The highest BCUT2D eigenvalue weighted by molar-refractivity contribution is 6.32. The molecule has 4 nitrogen and oxygen atoms in total. The number of amidine groups is 2. The van der Waals surface area contributed by atoms with Gasteiger partial charge < -0.3 is 0 Å². The summed E-state index contributed by atoms with van der Waals surface area (Å²) in [7, 11) is 0.